The zero-order valence-electron chi connectivity index (χ0n) is 13.6. The van der Waals surface area contributed by atoms with Crippen molar-refractivity contribution in [1.29, 1.82) is 0 Å². The number of carboxylic acids is 1. The molecule has 0 spiro atoms. The zero-order chi connectivity index (χ0) is 17.4. The molecule has 24 heavy (non-hydrogen) atoms. The topological polar surface area (TPSA) is 118 Å². The number of nitrogens with zero attached hydrogens (tertiary/aromatic N) is 2. The Hall–Kier alpha value is -2.19. The first-order chi connectivity index (χ1) is 11.6. The van der Waals surface area contributed by atoms with Gasteiger partial charge in [0.1, 0.15) is 0 Å². The number of hydrogen-bond acceptors (Lipinski definition) is 5. The number of nitrogens with two attached hydrogens (primary N) is 1. The molecule has 2 aliphatic heterocycles. The van der Waals surface area contributed by atoms with Crippen LogP contribution in [0.25, 0.3) is 0 Å². The fourth-order valence-electron chi connectivity index (χ4n) is 2.91. The first-order valence-corrected chi connectivity index (χ1v) is 8.03. The fraction of sp³-hybridized carbons (Fsp3) is 0.562. The average Bonchev–Trinajstić information content (AvgIpc) is 2.64. The van der Waals surface area contributed by atoms with E-state index in [1.54, 1.807) is 23.4 Å². The SMILES string of the molecule is NC(=O)N1CCOCC1.O=C(O)C1(c2cccnc2)CCNCC1. The smallest absolute Gasteiger partial charge is 0.314 e. The quantitative estimate of drug-likeness (QED) is 0.709. The number of aromatic nitrogens is 1. The van der Waals surface area contributed by atoms with Gasteiger partial charge in [-0.1, -0.05) is 6.07 Å². The first-order valence-electron chi connectivity index (χ1n) is 8.03. The molecule has 3 heterocycles. The molecule has 3 rings (SSSR count). The summed E-state index contributed by atoms with van der Waals surface area (Å²) in [5, 5.41) is 12.6. The Bertz CT molecular complexity index is 540. The van der Waals surface area contributed by atoms with Gasteiger partial charge in [-0.2, -0.15) is 0 Å². The summed E-state index contributed by atoms with van der Waals surface area (Å²) in [5.41, 5.74) is 5.08. The zero-order valence-corrected chi connectivity index (χ0v) is 13.6. The van der Waals surface area contributed by atoms with Gasteiger partial charge >= 0.3 is 12.0 Å². The normalized spacial score (nSPS) is 19.8. The maximum Gasteiger partial charge on any atom is 0.314 e. The van der Waals surface area contributed by atoms with E-state index in [1.807, 2.05) is 6.07 Å². The third kappa shape index (κ3) is 4.42. The van der Waals surface area contributed by atoms with Crippen LogP contribution in [-0.2, 0) is 14.9 Å². The molecule has 132 valence electrons. The van der Waals surface area contributed by atoms with E-state index in [-0.39, 0.29) is 6.03 Å². The number of amides is 2. The third-order valence-electron chi connectivity index (χ3n) is 4.40. The van der Waals surface area contributed by atoms with E-state index < -0.39 is 11.4 Å². The Morgan fingerprint density at radius 2 is 1.96 bits per heavy atom. The Morgan fingerprint density at radius 1 is 1.29 bits per heavy atom. The standard InChI is InChI=1S/C11H14N2O2.C5H10N2O2/c14-10(15)11(3-6-12-7-4-11)9-2-1-5-13-8-9;6-5(8)7-1-3-9-4-2-7/h1-2,5,8,12H,3-4,6-7H2,(H,14,15);1-4H2,(H2,6,8). The highest BCUT2D eigenvalue weighted by molar-refractivity contribution is 5.81. The molecule has 0 unspecified atom stereocenters. The van der Waals surface area contributed by atoms with E-state index in [2.05, 4.69) is 10.3 Å². The van der Waals surface area contributed by atoms with Crippen molar-refractivity contribution < 1.29 is 19.4 Å². The molecule has 0 saturated carbocycles. The van der Waals surface area contributed by atoms with E-state index in [9.17, 15) is 14.7 Å². The Balaban J connectivity index is 0.000000198. The van der Waals surface area contributed by atoms with Crippen LogP contribution in [0, 0.1) is 0 Å². The Labute approximate surface area is 141 Å². The van der Waals surface area contributed by atoms with Gasteiger partial charge in [-0.3, -0.25) is 9.78 Å². The first kappa shape index (κ1) is 18.2. The molecule has 2 amide bonds. The minimum Gasteiger partial charge on any atom is -0.481 e. The summed E-state index contributed by atoms with van der Waals surface area (Å²) in [7, 11) is 0. The van der Waals surface area contributed by atoms with Crippen molar-refractivity contribution in [3.8, 4) is 0 Å². The predicted molar refractivity (Wildman–Crippen MR) is 87.6 cm³/mol. The fourth-order valence-corrected chi connectivity index (χ4v) is 2.91. The predicted octanol–water partition coefficient (Wildman–Crippen LogP) is 0.185. The van der Waals surface area contributed by atoms with Crippen LogP contribution in [0.15, 0.2) is 24.5 Å². The maximum atomic E-state index is 11.4. The largest absolute Gasteiger partial charge is 0.481 e. The van der Waals surface area contributed by atoms with Crippen molar-refractivity contribution in [3.63, 3.8) is 0 Å². The summed E-state index contributed by atoms with van der Waals surface area (Å²) in [6.07, 6.45) is 4.60. The van der Waals surface area contributed by atoms with Gasteiger partial charge in [0, 0.05) is 25.5 Å². The molecular weight excluding hydrogens is 312 g/mol. The molecule has 8 nitrogen and oxygen atoms in total. The number of nitrogens with one attached hydrogen (secondary N) is 1. The number of urea groups is 1. The molecule has 1 aromatic rings. The molecule has 0 atom stereocenters. The van der Waals surface area contributed by atoms with Crippen molar-refractivity contribution in [2.24, 2.45) is 5.73 Å². The lowest BCUT2D eigenvalue weighted by Crippen LogP contribution is -2.45. The lowest BCUT2D eigenvalue weighted by Gasteiger charge is -2.33. The summed E-state index contributed by atoms with van der Waals surface area (Å²) in [4.78, 5) is 27.4. The summed E-state index contributed by atoms with van der Waals surface area (Å²) < 4.78 is 5.00. The van der Waals surface area contributed by atoms with Gasteiger partial charge < -0.3 is 25.8 Å². The molecule has 1 aromatic heterocycles. The molecule has 2 aliphatic rings. The van der Waals surface area contributed by atoms with E-state index >= 15 is 0 Å². The van der Waals surface area contributed by atoms with Crippen molar-refractivity contribution >= 4 is 12.0 Å². The highest BCUT2D eigenvalue weighted by atomic mass is 16.5. The van der Waals surface area contributed by atoms with E-state index in [0.717, 1.165) is 18.7 Å². The summed E-state index contributed by atoms with van der Waals surface area (Å²) in [5.74, 6) is -0.739. The summed E-state index contributed by atoms with van der Waals surface area (Å²) in [6, 6.07) is 3.30. The van der Waals surface area contributed by atoms with Crippen molar-refractivity contribution in [2.45, 2.75) is 18.3 Å². The van der Waals surface area contributed by atoms with E-state index in [0.29, 0.717) is 39.1 Å². The molecule has 2 fully saturated rings. The van der Waals surface area contributed by atoms with Crippen LogP contribution in [0.3, 0.4) is 0 Å². The van der Waals surface area contributed by atoms with Crippen LogP contribution in [-0.4, -0.2) is 66.4 Å². The maximum absolute atomic E-state index is 11.4. The molecular formula is C16H24N4O4. The number of ether oxygens (including phenoxy) is 1. The lowest BCUT2D eigenvalue weighted by atomic mass is 9.74. The molecule has 4 N–H and O–H groups in total. The number of morpholine rings is 1. The number of pyridine rings is 1. The number of hydrogen-bond donors (Lipinski definition) is 3. The minimum absolute atomic E-state index is 0.349. The van der Waals surface area contributed by atoms with E-state index in [1.165, 1.54) is 0 Å². The van der Waals surface area contributed by atoms with E-state index in [4.69, 9.17) is 10.5 Å². The number of carboxylic acid groups (broad SMARTS) is 1. The summed E-state index contributed by atoms with van der Waals surface area (Å²) in [6.45, 7) is 4.00. The van der Waals surface area contributed by atoms with Gasteiger partial charge in [0.2, 0.25) is 0 Å². The molecule has 2 saturated heterocycles. The van der Waals surface area contributed by atoms with Crippen molar-refractivity contribution in [2.75, 3.05) is 39.4 Å². The molecule has 0 aliphatic carbocycles. The second-order valence-electron chi connectivity index (χ2n) is 5.82. The monoisotopic (exact) mass is 336 g/mol. The van der Waals surface area contributed by atoms with Crippen molar-refractivity contribution in [1.82, 2.24) is 15.2 Å². The second kappa shape index (κ2) is 8.60. The van der Waals surface area contributed by atoms with Gasteiger partial charge in [-0.05, 0) is 37.6 Å². The van der Waals surface area contributed by atoms with Crippen LogP contribution in [0.4, 0.5) is 4.79 Å². The number of aliphatic carboxylic acids is 1. The number of piperidine rings is 1. The highest BCUT2D eigenvalue weighted by Gasteiger charge is 2.41. The summed E-state index contributed by atoms with van der Waals surface area (Å²) >= 11 is 0. The molecule has 0 radical (unpaired) electrons. The molecule has 8 heteroatoms. The highest BCUT2D eigenvalue weighted by Crippen LogP contribution is 2.33. The van der Waals surface area contributed by atoms with Crippen LogP contribution in [0.5, 0.6) is 0 Å². The van der Waals surface area contributed by atoms with Crippen LogP contribution in [0.1, 0.15) is 18.4 Å². The van der Waals surface area contributed by atoms with Crippen LogP contribution < -0.4 is 11.1 Å². The molecule has 0 aromatic carbocycles. The average molecular weight is 336 g/mol. The molecule has 0 bridgehead atoms. The Morgan fingerprint density at radius 3 is 2.42 bits per heavy atom. The number of rotatable bonds is 2. The van der Waals surface area contributed by atoms with Crippen molar-refractivity contribution in [3.05, 3.63) is 30.1 Å². The van der Waals surface area contributed by atoms with Gasteiger partial charge in [0.15, 0.2) is 0 Å². The van der Waals surface area contributed by atoms with Crippen LogP contribution in [0.2, 0.25) is 0 Å². The van der Waals surface area contributed by atoms with Gasteiger partial charge in [0.25, 0.3) is 0 Å². The second-order valence-corrected chi connectivity index (χ2v) is 5.82. The number of carbonyl (C=O) groups excluding carboxylic acids is 1. The number of carbonyl (C=O) groups is 2. The Kier molecular flexibility index (Phi) is 6.51. The van der Waals surface area contributed by atoms with Gasteiger partial charge in [-0.15, -0.1) is 0 Å². The van der Waals surface area contributed by atoms with Gasteiger partial charge in [0.05, 0.1) is 18.6 Å². The third-order valence-corrected chi connectivity index (χ3v) is 4.40. The van der Waals surface area contributed by atoms with Crippen LogP contribution >= 0.6 is 0 Å². The lowest BCUT2D eigenvalue weighted by molar-refractivity contribution is -0.145. The van der Waals surface area contributed by atoms with Gasteiger partial charge in [-0.25, -0.2) is 4.79 Å². The minimum atomic E-state index is -0.739. The number of primary amides is 1.